The Morgan fingerprint density at radius 3 is 3.17 bits per heavy atom. The summed E-state index contributed by atoms with van der Waals surface area (Å²) < 4.78 is 0. The topological polar surface area (TPSA) is 45.2 Å². The summed E-state index contributed by atoms with van der Waals surface area (Å²) in [6, 6.07) is 4.61. The molecule has 0 aromatic carbocycles. The van der Waals surface area contributed by atoms with Gasteiger partial charge in [0, 0.05) is 19.2 Å². The zero-order chi connectivity index (χ0) is 12.5. The molecule has 18 heavy (non-hydrogen) atoms. The molecule has 3 heterocycles. The highest BCUT2D eigenvalue weighted by atomic mass is 16.2. The van der Waals surface area contributed by atoms with Gasteiger partial charge in [-0.15, -0.1) is 0 Å². The molecule has 1 aromatic heterocycles. The van der Waals surface area contributed by atoms with Gasteiger partial charge in [0.1, 0.15) is 0 Å². The van der Waals surface area contributed by atoms with E-state index in [0.29, 0.717) is 18.4 Å². The maximum absolute atomic E-state index is 12.0. The van der Waals surface area contributed by atoms with Crippen LogP contribution in [-0.4, -0.2) is 34.4 Å². The Labute approximate surface area is 107 Å². The molecule has 2 saturated heterocycles. The Morgan fingerprint density at radius 1 is 1.44 bits per heavy atom. The zero-order valence-corrected chi connectivity index (χ0v) is 10.7. The molecular weight excluding hydrogens is 226 g/mol. The molecule has 1 amide bonds. The molecule has 0 bridgehead atoms. The van der Waals surface area contributed by atoms with Gasteiger partial charge in [0.2, 0.25) is 5.91 Å². The van der Waals surface area contributed by atoms with E-state index in [-0.39, 0.29) is 6.04 Å². The van der Waals surface area contributed by atoms with Gasteiger partial charge < -0.3 is 10.2 Å². The lowest BCUT2D eigenvalue weighted by atomic mass is 9.99. The van der Waals surface area contributed by atoms with Crippen molar-refractivity contribution in [2.75, 3.05) is 11.9 Å². The normalized spacial score (nSPS) is 27.2. The predicted octanol–water partition coefficient (Wildman–Crippen LogP) is 1.96. The van der Waals surface area contributed by atoms with Gasteiger partial charge in [-0.05, 0) is 38.3 Å². The fourth-order valence-corrected chi connectivity index (χ4v) is 3.11. The molecule has 0 aliphatic carbocycles. The number of hydrogen-bond acceptors (Lipinski definition) is 3. The lowest BCUT2D eigenvalue weighted by Gasteiger charge is -2.33. The van der Waals surface area contributed by atoms with Crippen molar-refractivity contribution < 1.29 is 4.79 Å². The number of aromatic nitrogens is 1. The minimum Gasteiger partial charge on any atom is -0.378 e. The van der Waals surface area contributed by atoms with Crippen molar-refractivity contribution >= 4 is 11.6 Å². The summed E-state index contributed by atoms with van der Waals surface area (Å²) in [5, 5.41) is 3.51. The van der Waals surface area contributed by atoms with Crippen molar-refractivity contribution in [2.45, 2.75) is 44.7 Å². The Balaban J connectivity index is 1.77. The minimum atomic E-state index is 0.251. The first-order valence-corrected chi connectivity index (χ1v) is 6.73. The number of fused-ring (bicyclic) bond motifs is 1. The summed E-state index contributed by atoms with van der Waals surface area (Å²) >= 11 is 0. The lowest BCUT2D eigenvalue weighted by molar-refractivity contribution is -0.129. The third-order valence-electron chi connectivity index (χ3n) is 4.08. The van der Waals surface area contributed by atoms with Crippen LogP contribution in [0.2, 0.25) is 0 Å². The van der Waals surface area contributed by atoms with E-state index in [1.807, 2.05) is 19.1 Å². The fourth-order valence-electron chi connectivity index (χ4n) is 3.11. The number of amides is 1. The number of nitrogens with one attached hydrogen (secondary N) is 1. The van der Waals surface area contributed by atoms with E-state index in [0.717, 1.165) is 30.8 Å². The fraction of sp³-hybridized carbons (Fsp3) is 0.571. The van der Waals surface area contributed by atoms with Crippen LogP contribution < -0.4 is 5.32 Å². The molecule has 4 nitrogen and oxygen atoms in total. The van der Waals surface area contributed by atoms with E-state index in [1.165, 1.54) is 6.42 Å². The maximum atomic E-state index is 12.0. The van der Waals surface area contributed by atoms with Crippen molar-refractivity contribution in [1.82, 2.24) is 9.88 Å². The van der Waals surface area contributed by atoms with E-state index in [9.17, 15) is 4.79 Å². The summed E-state index contributed by atoms with van der Waals surface area (Å²) in [6.07, 6.45) is 5.94. The Kier molecular flexibility index (Phi) is 2.94. The molecule has 2 aliphatic rings. The second kappa shape index (κ2) is 4.59. The molecule has 0 spiro atoms. The standard InChI is InChI=1S/C14H19N3O/c1-10-11(5-4-7-15-10)16-12-9-14(18)17-8-3-2-6-13(12)17/h4-5,7,12-13,16H,2-3,6,8-9H2,1H3. The van der Waals surface area contributed by atoms with E-state index in [2.05, 4.69) is 15.2 Å². The van der Waals surface area contributed by atoms with Gasteiger partial charge in [0.05, 0.1) is 23.5 Å². The Hall–Kier alpha value is -1.58. The van der Waals surface area contributed by atoms with Crippen LogP contribution >= 0.6 is 0 Å². The van der Waals surface area contributed by atoms with Gasteiger partial charge in [-0.2, -0.15) is 0 Å². The average Bonchev–Trinajstić information content (AvgIpc) is 2.70. The van der Waals surface area contributed by atoms with Crippen LogP contribution in [-0.2, 0) is 4.79 Å². The first-order valence-electron chi connectivity index (χ1n) is 6.73. The van der Waals surface area contributed by atoms with Gasteiger partial charge in [-0.25, -0.2) is 0 Å². The van der Waals surface area contributed by atoms with Gasteiger partial charge in [0.15, 0.2) is 0 Å². The van der Waals surface area contributed by atoms with E-state index in [1.54, 1.807) is 6.20 Å². The van der Waals surface area contributed by atoms with Crippen LogP contribution in [0.1, 0.15) is 31.4 Å². The number of aryl methyl sites for hydroxylation is 1. The van der Waals surface area contributed by atoms with Crippen molar-refractivity contribution in [2.24, 2.45) is 0 Å². The van der Waals surface area contributed by atoms with E-state index < -0.39 is 0 Å². The molecule has 4 heteroatoms. The van der Waals surface area contributed by atoms with Gasteiger partial charge in [-0.3, -0.25) is 9.78 Å². The van der Waals surface area contributed by atoms with Gasteiger partial charge in [0.25, 0.3) is 0 Å². The quantitative estimate of drug-likeness (QED) is 0.866. The van der Waals surface area contributed by atoms with Crippen molar-refractivity contribution in [3.8, 4) is 0 Å². The molecule has 1 aromatic rings. The molecule has 2 atom stereocenters. The van der Waals surface area contributed by atoms with Crippen LogP contribution in [0.5, 0.6) is 0 Å². The SMILES string of the molecule is Cc1ncccc1NC1CC(=O)N2CCCCC12. The molecule has 2 unspecified atom stereocenters. The summed E-state index contributed by atoms with van der Waals surface area (Å²) in [7, 11) is 0. The number of anilines is 1. The van der Waals surface area contributed by atoms with Crippen LogP contribution in [0, 0.1) is 6.92 Å². The number of pyridine rings is 1. The number of hydrogen-bond donors (Lipinski definition) is 1. The third-order valence-corrected chi connectivity index (χ3v) is 4.08. The van der Waals surface area contributed by atoms with Crippen LogP contribution in [0.15, 0.2) is 18.3 Å². The largest absolute Gasteiger partial charge is 0.378 e. The minimum absolute atomic E-state index is 0.251. The Bertz CT molecular complexity index is 460. The molecular formula is C14H19N3O. The molecule has 0 saturated carbocycles. The number of nitrogens with zero attached hydrogens (tertiary/aromatic N) is 2. The number of carbonyl (C=O) groups excluding carboxylic acids is 1. The monoisotopic (exact) mass is 245 g/mol. The molecule has 1 N–H and O–H groups in total. The number of piperidine rings is 1. The molecule has 0 radical (unpaired) electrons. The first-order chi connectivity index (χ1) is 8.75. The highest BCUT2D eigenvalue weighted by molar-refractivity contribution is 5.81. The van der Waals surface area contributed by atoms with Crippen LogP contribution in [0.4, 0.5) is 5.69 Å². The highest BCUT2D eigenvalue weighted by Crippen LogP contribution is 2.30. The Morgan fingerprint density at radius 2 is 2.33 bits per heavy atom. The summed E-state index contributed by atoms with van der Waals surface area (Å²) in [5.41, 5.74) is 2.06. The second-order valence-electron chi connectivity index (χ2n) is 5.24. The molecule has 2 aliphatic heterocycles. The highest BCUT2D eigenvalue weighted by Gasteiger charge is 2.40. The number of carbonyl (C=O) groups is 1. The van der Waals surface area contributed by atoms with E-state index >= 15 is 0 Å². The van der Waals surface area contributed by atoms with Crippen LogP contribution in [0.3, 0.4) is 0 Å². The average molecular weight is 245 g/mol. The van der Waals surface area contributed by atoms with Gasteiger partial charge >= 0.3 is 0 Å². The second-order valence-corrected chi connectivity index (χ2v) is 5.24. The molecule has 3 rings (SSSR count). The smallest absolute Gasteiger partial charge is 0.225 e. The first kappa shape index (κ1) is 11.5. The lowest BCUT2D eigenvalue weighted by Crippen LogP contribution is -2.43. The number of rotatable bonds is 2. The summed E-state index contributed by atoms with van der Waals surface area (Å²) in [4.78, 5) is 18.3. The van der Waals surface area contributed by atoms with Crippen molar-refractivity contribution in [1.29, 1.82) is 0 Å². The zero-order valence-electron chi connectivity index (χ0n) is 10.7. The van der Waals surface area contributed by atoms with E-state index in [4.69, 9.17) is 0 Å². The third kappa shape index (κ3) is 1.96. The summed E-state index contributed by atoms with van der Waals surface area (Å²) in [6.45, 7) is 2.94. The molecule has 96 valence electrons. The summed E-state index contributed by atoms with van der Waals surface area (Å²) in [5.74, 6) is 0.304. The predicted molar refractivity (Wildman–Crippen MR) is 70.4 cm³/mol. The van der Waals surface area contributed by atoms with Crippen molar-refractivity contribution in [3.63, 3.8) is 0 Å². The maximum Gasteiger partial charge on any atom is 0.225 e. The molecule has 2 fully saturated rings. The van der Waals surface area contributed by atoms with Gasteiger partial charge in [-0.1, -0.05) is 0 Å². The van der Waals surface area contributed by atoms with Crippen LogP contribution in [0.25, 0.3) is 0 Å². The van der Waals surface area contributed by atoms with Crippen molar-refractivity contribution in [3.05, 3.63) is 24.0 Å².